The van der Waals surface area contributed by atoms with E-state index in [2.05, 4.69) is 16.5 Å². The molecule has 64 valence electrons. The molecule has 12 heavy (non-hydrogen) atoms. The molecule has 1 aliphatic heterocycles. The molecular formula is C9H13N3. The summed E-state index contributed by atoms with van der Waals surface area (Å²) in [6.45, 7) is 2.15. The molecule has 1 N–H and O–H groups in total. The smallest absolute Gasteiger partial charge is 0.0562 e. The van der Waals surface area contributed by atoms with Crippen LogP contribution in [0.1, 0.15) is 12.0 Å². The highest BCUT2D eigenvalue weighted by Gasteiger charge is 2.05. The number of nitrogens with one attached hydrogen (secondary N) is 1. The lowest BCUT2D eigenvalue weighted by Crippen LogP contribution is -2.04. The maximum absolute atomic E-state index is 4.11. The van der Waals surface area contributed by atoms with Crippen molar-refractivity contribution in [1.29, 1.82) is 0 Å². The molecule has 0 aliphatic carbocycles. The van der Waals surface area contributed by atoms with Crippen LogP contribution < -0.4 is 5.32 Å². The van der Waals surface area contributed by atoms with E-state index in [0.717, 1.165) is 13.1 Å². The third-order valence-corrected chi connectivity index (χ3v) is 2.07. The summed E-state index contributed by atoms with van der Waals surface area (Å²) in [7, 11) is 1.94. The molecule has 0 saturated carbocycles. The topological polar surface area (TPSA) is 29.9 Å². The summed E-state index contributed by atoms with van der Waals surface area (Å²) in [4.78, 5) is 0. The zero-order valence-electron chi connectivity index (χ0n) is 7.25. The van der Waals surface area contributed by atoms with Gasteiger partial charge in [0.1, 0.15) is 0 Å². The molecule has 0 unspecified atom stereocenters. The van der Waals surface area contributed by atoms with Crippen molar-refractivity contribution in [3.05, 3.63) is 23.5 Å². The van der Waals surface area contributed by atoms with Gasteiger partial charge in [0.15, 0.2) is 0 Å². The number of aryl methyl sites for hydroxylation is 1. The van der Waals surface area contributed by atoms with Crippen LogP contribution in [-0.2, 0) is 7.05 Å². The summed E-state index contributed by atoms with van der Waals surface area (Å²) in [5, 5.41) is 7.41. The number of nitrogens with zero attached hydrogens (tertiary/aromatic N) is 2. The van der Waals surface area contributed by atoms with Gasteiger partial charge in [0.25, 0.3) is 0 Å². The third kappa shape index (κ3) is 1.56. The average molecular weight is 163 g/mol. The van der Waals surface area contributed by atoms with Crippen LogP contribution in [0.15, 0.2) is 18.0 Å². The highest BCUT2D eigenvalue weighted by atomic mass is 15.2. The molecule has 1 fully saturated rings. The molecule has 0 amide bonds. The van der Waals surface area contributed by atoms with Crippen molar-refractivity contribution >= 4 is 6.08 Å². The Morgan fingerprint density at radius 3 is 3.17 bits per heavy atom. The zero-order chi connectivity index (χ0) is 8.39. The van der Waals surface area contributed by atoms with E-state index in [1.807, 2.05) is 24.1 Å². The first-order valence-electron chi connectivity index (χ1n) is 4.23. The van der Waals surface area contributed by atoms with E-state index in [4.69, 9.17) is 0 Å². The molecule has 0 spiro atoms. The minimum Gasteiger partial charge on any atom is -0.313 e. The Bertz CT molecular complexity index is 290. The van der Waals surface area contributed by atoms with Crippen LogP contribution in [0.4, 0.5) is 0 Å². The standard InChI is InChI=1S/C9H13N3/c1-12-7-9(6-11-12)4-8-2-3-10-5-8/h4,6-7,10H,2-3,5H2,1H3. The number of aromatic nitrogens is 2. The third-order valence-electron chi connectivity index (χ3n) is 2.07. The highest BCUT2D eigenvalue weighted by Crippen LogP contribution is 2.11. The Hall–Kier alpha value is -1.09. The Kier molecular flexibility index (Phi) is 1.96. The van der Waals surface area contributed by atoms with Gasteiger partial charge in [0.2, 0.25) is 0 Å². The lowest BCUT2D eigenvalue weighted by atomic mass is 10.2. The Balaban J connectivity index is 2.15. The van der Waals surface area contributed by atoms with E-state index in [0.29, 0.717) is 0 Å². The Morgan fingerprint density at radius 2 is 2.58 bits per heavy atom. The molecule has 3 nitrogen and oxygen atoms in total. The molecular weight excluding hydrogens is 150 g/mol. The van der Waals surface area contributed by atoms with Crippen LogP contribution in [0, 0.1) is 0 Å². The van der Waals surface area contributed by atoms with Gasteiger partial charge in [-0.2, -0.15) is 5.10 Å². The quantitative estimate of drug-likeness (QED) is 0.663. The fourth-order valence-corrected chi connectivity index (χ4v) is 1.46. The highest BCUT2D eigenvalue weighted by molar-refractivity contribution is 5.51. The van der Waals surface area contributed by atoms with E-state index < -0.39 is 0 Å². The maximum atomic E-state index is 4.11. The van der Waals surface area contributed by atoms with Crippen molar-refractivity contribution in [3.63, 3.8) is 0 Å². The molecule has 0 atom stereocenters. The molecule has 1 aromatic heterocycles. The average Bonchev–Trinajstić information content (AvgIpc) is 2.63. The van der Waals surface area contributed by atoms with Gasteiger partial charge >= 0.3 is 0 Å². The Labute approximate surface area is 72.1 Å². The number of hydrogen-bond acceptors (Lipinski definition) is 2. The minimum atomic E-state index is 1.04. The molecule has 3 heteroatoms. The van der Waals surface area contributed by atoms with Gasteiger partial charge in [-0.05, 0) is 13.0 Å². The van der Waals surface area contributed by atoms with Crippen molar-refractivity contribution in [2.75, 3.05) is 13.1 Å². The summed E-state index contributed by atoms with van der Waals surface area (Å²) >= 11 is 0. The SMILES string of the molecule is Cn1cc(C=C2CCNC2)cn1. The summed E-state index contributed by atoms with van der Waals surface area (Å²) in [6.07, 6.45) is 7.32. The maximum Gasteiger partial charge on any atom is 0.0562 e. The molecule has 1 aromatic rings. The van der Waals surface area contributed by atoms with Crippen molar-refractivity contribution in [2.24, 2.45) is 7.05 Å². The molecule has 0 bridgehead atoms. The predicted molar refractivity (Wildman–Crippen MR) is 48.7 cm³/mol. The first-order chi connectivity index (χ1) is 5.84. The predicted octanol–water partition coefficient (Wildman–Crippen LogP) is 0.797. The lowest BCUT2D eigenvalue weighted by Gasteiger charge is -1.90. The van der Waals surface area contributed by atoms with E-state index in [1.54, 1.807) is 0 Å². The summed E-state index contributed by atoms with van der Waals surface area (Å²) in [5.74, 6) is 0. The van der Waals surface area contributed by atoms with E-state index in [-0.39, 0.29) is 0 Å². The van der Waals surface area contributed by atoms with Crippen molar-refractivity contribution in [1.82, 2.24) is 15.1 Å². The van der Waals surface area contributed by atoms with Gasteiger partial charge < -0.3 is 5.32 Å². The molecule has 2 heterocycles. The summed E-state index contributed by atoms with van der Waals surface area (Å²) in [5.41, 5.74) is 2.68. The second-order valence-corrected chi connectivity index (χ2v) is 3.18. The van der Waals surface area contributed by atoms with Gasteiger partial charge in [0.05, 0.1) is 6.20 Å². The van der Waals surface area contributed by atoms with Gasteiger partial charge in [0, 0.05) is 25.4 Å². The van der Waals surface area contributed by atoms with Gasteiger partial charge in [-0.25, -0.2) is 0 Å². The second kappa shape index (κ2) is 3.11. The van der Waals surface area contributed by atoms with Crippen LogP contribution in [0.3, 0.4) is 0 Å². The van der Waals surface area contributed by atoms with Crippen LogP contribution >= 0.6 is 0 Å². The fraction of sp³-hybridized carbons (Fsp3) is 0.444. The number of hydrogen-bond donors (Lipinski definition) is 1. The van der Waals surface area contributed by atoms with Gasteiger partial charge in [-0.3, -0.25) is 4.68 Å². The molecule has 2 rings (SSSR count). The molecule has 1 saturated heterocycles. The van der Waals surface area contributed by atoms with Crippen LogP contribution in [0.25, 0.3) is 6.08 Å². The normalized spacial score (nSPS) is 20.6. The first-order valence-corrected chi connectivity index (χ1v) is 4.23. The monoisotopic (exact) mass is 163 g/mol. The molecule has 1 aliphatic rings. The summed E-state index contributed by atoms with van der Waals surface area (Å²) in [6, 6.07) is 0. The molecule has 0 aromatic carbocycles. The van der Waals surface area contributed by atoms with Crippen LogP contribution in [0.5, 0.6) is 0 Å². The fourth-order valence-electron chi connectivity index (χ4n) is 1.46. The van der Waals surface area contributed by atoms with Crippen molar-refractivity contribution in [2.45, 2.75) is 6.42 Å². The summed E-state index contributed by atoms with van der Waals surface area (Å²) < 4.78 is 1.83. The van der Waals surface area contributed by atoms with Crippen molar-refractivity contribution in [3.8, 4) is 0 Å². The van der Waals surface area contributed by atoms with E-state index >= 15 is 0 Å². The van der Waals surface area contributed by atoms with Gasteiger partial charge in [-0.1, -0.05) is 11.6 Å². The van der Waals surface area contributed by atoms with Gasteiger partial charge in [-0.15, -0.1) is 0 Å². The minimum absolute atomic E-state index is 1.04. The molecule has 0 radical (unpaired) electrons. The lowest BCUT2D eigenvalue weighted by molar-refractivity contribution is 0.767. The largest absolute Gasteiger partial charge is 0.313 e. The van der Waals surface area contributed by atoms with E-state index in [1.165, 1.54) is 17.6 Å². The van der Waals surface area contributed by atoms with Crippen molar-refractivity contribution < 1.29 is 0 Å². The first kappa shape index (κ1) is 7.55. The Morgan fingerprint density at radius 1 is 1.67 bits per heavy atom. The number of rotatable bonds is 1. The van der Waals surface area contributed by atoms with Crippen LogP contribution in [-0.4, -0.2) is 22.9 Å². The van der Waals surface area contributed by atoms with E-state index in [9.17, 15) is 0 Å². The second-order valence-electron chi connectivity index (χ2n) is 3.18. The van der Waals surface area contributed by atoms with Crippen LogP contribution in [0.2, 0.25) is 0 Å². The zero-order valence-corrected chi connectivity index (χ0v) is 7.25.